The Morgan fingerprint density at radius 2 is 1.88 bits per heavy atom. The number of halogens is 1. The van der Waals surface area contributed by atoms with E-state index in [2.05, 4.69) is 10.3 Å². The van der Waals surface area contributed by atoms with E-state index in [0.29, 0.717) is 18.5 Å². The third-order valence-electron chi connectivity index (χ3n) is 5.18. The number of nitrogens with zero attached hydrogens (tertiary/aromatic N) is 2. The van der Waals surface area contributed by atoms with Crippen molar-refractivity contribution in [2.24, 2.45) is 0 Å². The average Bonchev–Trinajstić information content (AvgIpc) is 3.31. The van der Waals surface area contributed by atoms with Crippen LogP contribution in [0.2, 0.25) is 0 Å². The second-order valence-electron chi connectivity index (χ2n) is 7.39. The Kier molecular flexibility index (Phi) is 6.88. The molecule has 0 saturated carbocycles. The van der Waals surface area contributed by atoms with Crippen LogP contribution in [0.3, 0.4) is 0 Å². The standard InChI is InChI=1S/C23H22FN3O3S2/c24-18-5-11-21(12-6-18)32(29,30)27-14-2-4-22(27)23(28)26-19-7-9-20(10-8-19)31-16-17-3-1-13-25-15-17/h1,3,5-13,15,22H,2,4,14,16H2,(H,26,28). The number of benzene rings is 2. The Balaban J connectivity index is 1.40. The molecule has 6 nitrogen and oxygen atoms in total. The molecule has 0 aliphatic carbocycles. The quantitative estimate of drug-likeness (QED) is 0.520. The van der Waals surface area contributed by atoms with Crippen LogP contribution in [0.15, 0.2) is 82.8 Å². The van der Waals surface area contributed by atoms with Crippen LogP contribution in [0.4, 0.5) is 10.1 Å². The zero-order chi connectivity index (χ0) is 22.6. The molecule has 1 N–H and O–H groups in total. The Bertz CT molecular complexity index is 1170. The number of amides is 1. The summed E-state index contributed by atoms with van der Waals surface area (Å²) in [6.45, 7) is 0.252. The molecule has 1 unspecified atom stereocenters. The highest BCUT2D eigenvalue weighted by Gasteiger charge is 2.39. The smallest absolute Gasteiger partial charge is 0.243 e. The molecule has 0 radical (unpaired) electrons. The minimum Gasteiger partial charge on any atom is -0.325 e. The lowest BCUT2D eigenvalue weighted by atomic mass is 10.2. The summed E-state index contributed by atoms with van der Waals surface area (Å²) in [7, 11) is -3.88. The lowest BCUT2D eigenvalue weighted by molar-refractivity contribution is -0.119. The van der Waals surface area contributed by atoms with Crippen LogP contribution in [-0.4, -0.2) is 36.2 Å². The lowest BCUT2D eigenvalue weighted by Gasteiger charge is -2.23. The third kappa shape index (κ3) is 5.17. The van der Waals surface area contributed by atoms with Crippen LogP contribution in [0, 0.1) is 5.82 Å². The van der Waals surface area contributed by atoms with Crippen LogP contribution < -0.4 is 5.32 Å². The van der Waals surface area contributed by atoms with Gasteiger partial charge in [-0.2, -0.15) is 4.31 Å². The molecule has 2 heterocycles. The summed E-state index contributed by atoms with van der Waals surface area (Å²) in [5, 5.41) is 2.82. The number of anilines is 1. The van der Waals surface area contributed by atoms with Crippen LogP contribution in [0.5, 0.6) is 0 Å². The molecule has 1 saturated heterocycles. The molecule has 0 bridgehead atoms. The Morgan fingerprint density at radius 3 is 2.56 bits per heavy atom. The average molecular weight is 472 g/mol. The van der Waals surface area contributed by atoms with Crippen molar-refractivity contribution < 1.29 is 17.6 Å². The number of hydrogen-bond donors (Lipinski definition) is 1. The molecule has 1 aliphatic heterocycles. The SMILES string of the molecule is O=C(Nc1ccc(SCc2cccnc2)cc1)C1CCCN1S(=O)(=O)c1ccc(F)cc1. The number of pyridine rings is 1. The normalized spacial score (nSPS) is 16.7. The molecular weight excluding hydrogens is 449 g/mol. The van der Waals surface area contributed by atoms with E-state index < -0.39 is 21.9 Å². The maximum Gasteiger partial charge on any atom is 0.243 e. The second kappa shape index (κ2) is 9.81. The summed E-state index contributed by atoms with van der Waals surface area (Å²) in [6, 6.07) is 15.2. The van der Waals surface area contributed by atoms with Gasteiger partial charge in [0.25, 0.3) is 0 Å². The number of aromatic nitrogens is 1. The van der Waals surface area contributed by atoms with Crippen molar-refractivity contribution in [3.8, 4) is 0 Å². The molecule has 1 aromatic heterocycles. The summed E-state index contributed by atoms with van der Waals surface area (Å²) in [6.07, 6.45) is 4.59. The number of carbonyl (C=O) groups excluding carboxylic acids is 1. The third-order valence-corrected chi connectivity index (χ3v) is 8.18. The van der Waals surface area contributed by atoms with Crippen molar-refractivity contribution >= 4 is 33.4 Å². The fourth-order valence-electron chi connectivity index (χ4n) is 3.54. The van der Waals surface area contributed by atoms with Gasteiger partial charge >= 0.3 is 0 Å². The van der Waals surface area contributed by atoms with Crippen LogP contribution in [0.1, 0.15) is 18.4 Å². The highest BCUT2D eigenvalue weighted by atomic mass is 32.2. The van der Waals surface area contributed by atoms with Gasteiger partial charge in [-0.25, -0.2) is 12.8 Å². The van der Waals surface area contributed by atoms with Crippen LogP contribution >= 0.6 is 11.8 Å². The van der Waals surface area contributed by atoms with E-state index in [4.69, 9.17) is 0 Å². The minimum absolute atomic E-state index is 0.0198. The molecule has 1 amide bonds. The van der Waals surface area contributed by atoms with E-state index in [-0.39, 0.29) is 17.3 Å². The van der Waals surface area contributed by atoms with Crippen LogP contribution in [0.25, 0.3) is 0 Å². The van der Waals surface area contributed by atoms with Gasteiger partial charge in [-0.05, 0) is 73.0 Å². The largest absolute Gasteiger partial charge is 0.325 e. The molecule has 4 rings (SSSR count). The molecule has 0 spiro atoms. The second-order valence-corrected chi connectivity index (χ2v) is 10.3. The minimum atomic E-state index is -3.88. The first-order valence-electron chi connectivity index (χ1n) is 10.1. The monoisotopic (exact) mass is 471 g/mol. The number of carbonyl (C=O) groups is 1. The summed E-state index contributed by atoms with van der Waals surface area (Å²) >= 11 is 1.66. The van der Waals surface area contributed by atoms with Crippen molar-refractivity contribution in [3.63, 3.8) is 0 Å². The fraction of sp³-hybridized carbons (Fsp3) is 0.217. The van der Waals surface area contributed by atoms with E-state index >= 15 is 0 Å². The molecular formula is C23H22FN3O3S2. The number of sulfonamides is 1. The summed E-state index contributed by atoms with van der Waals surface area (Å²) in [5.74, 6) is -0.0941. The van der Waals surface area contributed by atoms with Gasteiger partial charge < -0.3 is 5.32 Å². The first-order valence-corrected chi connectivity index (χ1v) is 12.6. The van der Waals surface area contributed by atoms with E-state index in [1.54, 1.807) is 30.1 Å². The van der Waals surface area contributed by atoms with Crippen molar-refractivity contribution in [2.45, 2.75) is 34.4 Å². The molecule has 1 aliphatic rings. The molecule has 166 valence electrons. The van der Waals surface area contributed by atoms with E-state index in [1.165, 1.54) is 16.4 Å². The van der Waals surface area contributed by atoms with Gasteiger partial charge in [0.1, 0.15) is 11.9 Å². The zero-order valence-corrected chi connectivity index (χ0v) is 18.8. The van der Waals surface area contributed by atoms with E-state index in [9.17, 15) is 17.6 Å². The highest BCUT2D eigenvalue weighted by molar-refractivity contribution is 7.98. The molecule has 1 atom stereocenters. The van der Waals surface area contributed by atoms with Gasteiger partial charge in [-0.1, -0.05) is 6.07 Å². The van der Waals surface area contributed by atoms with Crippen molar-refractivity contribution in [3.05, 3.63) is 84.4 Å². The summed E-state index contributed by atoms with van der Waals surface area (Å²) in [5.41, 5.74) is 1.73. The fourth-order valence-corrected chi connectivity index (χ4v) is 6.03. The van der Waals surface area contributed by atoms with E-state index in [0.717, 1.165) is 28.3 Å². The number of nitrogens with one attached hydrogen (secondary N) is 1. The zero-order valence-electron chi connectivity index (χ0n) is 17.1. The molecule has 1 fully saturated rings. The molecule has 32 heavy (non-hydrogen) atoms. The Labute approximate surface area is 190 Å². The predicted octanol–water partition coefficient (Wildman–Crippen LogP) is 4.30. The molecule has 3 aromatic rings. The van der Waals surface area contributed by atoms with Gasteiger partial charge in [0.2, 0.25) is 15.9 Å². The number of rotatable bonds is 7. The number of hydrogen-bond acceptors (Lipinski definition) is 5. The lowest BCUT2D eigenvalue weighted by Crippen LogP contribution is -2.43. The van der Waals surface area contributed by atoms with Crippen LogP contribution in [-0.2, 0) is 20.6 Å². The van der Waals surface area contributed by atoms with Gasteiger partial charge in [0, 0.05) is 35.3 Å². The molecule has 2 aromatic carbocycles. The maximum absolute atomic E-state index is 13.2. The van der Waals surface area contributed by atoms with Gasteiger partial charge in [-0.15, -0.1) is 11.8 Å². The van der Waals surface area contributed by atoms with Crippen molar-refractivity contribution in [1.82, 2.24) is 9.29 Å². The first kappa shape index (κ1) is 22.4. The van der Waals surface area contributed by atoms with E-state index in [1.807, 2.05) is 30.5 Å². The van der Waals surface area contributed by atoms with Crippen molar-refractivity contribution in [1.29, 1.82) is 0 Å². The Hall–Kier alpha value is -2.75. The summed E-state index contributed by atoms with van der Waals surface area (Å²) in [4.78, 5) is 18.0. The highest BCUT2D eigenvalue weighted by Crippen LogP contribution is 2.28. The number of thioether (sulfide) groups is 1. The van der Waals surface area contributed by atoms with Crippen molar-refractivity contribution in [2.75, 3.05) is 11.9 Å². The van der Waals surface area contributed by atoms with Gasteiger partial charge in [-0.3, -0.25) is 9.78 Å². The Morgan fingerprint density at radius 1 is 1.12 bits per heavy atom. The maximum atomic E-state index is 13.2. The van der Waals surface area contributed by atoms with Gasteiger partial charge in [0.15, 0.2) is 0 Å². The summed E-state index contributed by atoms with van der Waals surface area (Å²) < 4.78 is 40.3. The topological polar surface area (TPSA) is 79.4 Å². The first-order chi connectivity index (χ1) is 15.4. The molecule has 9 heteroatoms. The van der Waals surface area contributed by atoms with Gasteiger partial charge in [0.05, 0.1) is 4.90 Å². The predicted molar refractivity (Wildman–Crippen MR) is 122 cm³/mol.